The zero-order valence-electron chi connectivity index (χ0n) is 12.4. The quantitative estimate of drug-likeness (QED) is 0.628. The van der Waals surface area contributed by atoms with E-state index >= 15 is 0 Å². The summed E-state index contributed by atoms with van der Waals surface area (Å²) in [5.74, 6) is 1.72. The van der Waals surface area contributed by atoms with Crippen molar-refractivity contribution in [2.75, 3.05) is 6.61 Å². The Morgan fingerprint density at radius 3 is 2.76 bits per heavy atom. The molecule has 0 bridgehead atoms. The SMILES string of the molecule is CCCCc1n[nH]c(=S)n1/N=C/c1ccc(OCC)cc1. The molecule has 2 rings (SSSR count). The molecule has 0 radical (unpaired) electrons. The molecule has 112 valence electrons. The second kappa shape index (κ2) is 7.73. The molecule has 6 heteroatoms. The molecule has 2 aromatic rings. The molecule has 21 heavy (non-hydrogen) atoms. The van der Waals surface area contributed by atoms with Crippen molar-refractivity contribution in [2.24, 2.45) is 5.10 Å². The van der Waals surface area contributed by atoms with Crippen LogP contribution >= 0.6 is 12.2 Å². The number of rotatable bonds is 7. The van der Waals surface area contributed by atoms with E-state index in [-0.39, 0.29) is 0 Å². The first-order chi connectivity index (χ1) is 10.2. The van der Waals surface area contributed by atoms with Gasteiger partial charge in [-0.15, -0.1) is 0 Å². The van der Waals surface area contributed by atoms with Crippen LogP contribution in [-0.2, 0) is 6.42 Å². The van der Waals surface area contributed by atoms with E-state index in [4.69, 9.17) is 17.0 Å². The van der Waals surface area contributed by atoms with E-state index in [1.165, 1.54) is 0 Å². The number of benzene rings is 1. The zero-order valence-corrected chi connectivity index (χ0v) is 13.2. The number of hydrogen-bond acceptors (Lipinski definition) is 4. The van der Waals surface area contributed by atoms with Crippen LogP contribution in [-0.4, -0.2) is 27.7 Å². The monoisotopic (exact) mass is 304 g/mol. The third kappa shape index (κ3) is 4.26. The summed E-state index contributed by atoms with van der Waals surface area (Å²) in [4.78, 5) is 0. The number of ether oxygens (including phenoxy) is 1. The van der Waals surface area contributed by atoms with Crippen molar-refractivity contribution >= 4 is 18.4 Å². The van der Waals surface area contributed by atoms with Gasteiger partial charge in [-0.3, -0.25) is 5.10 Å². The Morgan fingerprint density at radius 1 is 1.33 bits per heavy atom. The summed E-state index contributed by atoms with van der Waals surface area (Å²) < 4.78 is 7.61. The van der Waals surface area contributed by atoms with Crippen LogP contribution in [0.4, 0.5) is 0 Å². The van der Waals surface area contributed by atoms with Crippen molar-refractivity contribution in [2.45, 2.75) is 33.1 Å². The largest absolute Gasteiger partial charge is 0.494 e. The van der Waals surface area contributed by atoms with Crippen LogP contribution in [0.25, 0.3) is 0 Å². The van der Waals surface area contributed by atoms with Gasteiger partial charge in [-0.1, -0.05) is 13.3 Å². The Morgan fingerprint density at radius 2 is 2.10 bits per heavy atom. The fourth-order valence-corrected chi connectivity index (χ4v) is 2.08. The maximum Gasteiger partial charge on any atom is 0.216 e. The van der Waals surface area contributed by atoms with Crippen LogP contribution in [0.3, 0.4) is 0 Å². The second-order valence-corrected chi connectivity index (χ2v) is 4.99. The summed E-state index contributed by atoms with van der Waals surface area (Å²) in [6, 6.07) is 7.78. The smallest absolute Gasteiger partial charge is 0.216 e. The van der Waals surface area contributed by atoms with Gasteiger partial charge in [-0.05, 0) is 55.4 Å². The molecule has 0 spiro atoms. The highest BCUT2D eigenvalue weighted by Crippen LogP contribution is 2.11. The summed E-state index contributed by atoms with van der Waals surface area (Å²) >= 11 is 5.21. The predicted molar refractivity (Wildman–Crippen MR) is 86.6 cm³/mol. The highest BCUT2D eigenvalue weighted by molar-refractivity contribution is 7.71. The lowest BCUT2D eigenvalue weighted by atomic mass is 10.2. The number of unbranched alkanes of at least 4 members (excludes halogenated alkanes) is 1. The molecule has 0 saturated carbocycles. The topological polar surface area (TPSA) is 55.2 Å². The van der Waals surface area contributed by atoms with Gasteiger partial charge in [-0.25, -0.2) is 0 Å². The highest BCUT2D eigenvalue weighted by atomic mass is 32.1. The Bertz CT molecular complexity index is 642. The van der Waals surface area contributed by atoms with Crippen LogP contribution < -0.4 is 4.74 Å². The molecule has 0 atom stereocenters. The lowest BCUT2D eigenvalue weighted by molar-refractivity contribution is 0.340. The Kier molecular flexibility index (Phi) is 5.68. The molecule has 0 amide bonds. The second-order valence-electron chi connectivity index (χ2n) is 4.61. The molecule has 0 aliphatic heterocycles. The van der Waals surface area contributed by atoms with Crippen molar-refractivity contribution in [1.82, 2.24) is 14.9 Å². The Hall–Kier alpha value is -1.95. The Labute approximate surface area is 129 Å². The van der Waals surface area contributed by atoms with E-state index in [2.05, 4.69) is 22.2 Å². The minimum absolute atomic E-state index is 0.517. The first kappa shape index (κ1) is 15.4. The third-order valence-corrected chi connectivity index (χ3v) is 3.25. The van der Waals surface area contributed by atoms with Crippen molar-refractivity contribution < 1.29 is 4.74 Å². The average Bonchev–Trinajstić information content (AvgIpc) is 2.85. The van der Waals surface area contributed by atoms with E-state index in [0.29, 0.717) is 11.4 Å². The zero-order chi connectivity index (χ0) is 15.1. The number of aromatic amines is 1. The lowest BCUT2D eigenvalue weighted by Crippen LogP contribution is -1.99. The molecular weight excluding hydrogens is 284 g/mol. The summed E-state index contributed by atoms with van der Waals surface area (Å²) in [7, 11) is 0. The van der Waals surface area contributed by atoms with Crippen LogP contribution in [0.15, 0.2) is 29.4 Å². The molecule has 0 aliphatic rings. The number of aromatic nitrogens is 3. The minimum atomic E-state index is 0.517. The number of nitrogens with zero attached hydrogens (tertiary/aromatic N) is 3. The molecule has 1 aromatic carbocycles. The van der Waals surface area contributed by atoms with Gasteiger partial charge in [0.15, 0.2) is 5.82 Å². The first-order valence-corrected chi connectivity index (χ1v) is 7.59. The van der Waals surface area contributed by atoms with Gasteiger partial charge in [0.1, 0.15) is 5.75 Å². The number of H-pyrrole nitrogens is 1. The van der Waals surface area contributed by atoms with Gasteiger partial charge in [0.2, 0.25) is 4.77 Å². The molecule has 0 saturated heterocycles. The molecule has 1 N–H and O–H groups in total. The van der Waals surface area contributed by atoms with E-state index in [1.54, 1.807) is 10.9 Å². The molecule has 1 aromatic heterocycles. The third-order valence-electron chi connectivity index (χ3n) is 2.98. The van der Waals surface area contributed by atoms with Crippen LogP contribution in [0.2, 0.25) is 0 Å². The molecule has 5 nitrogen and oxygen atoms in total. The molecule has 0 unspecified atom stereocenters. The summed E-state index contributed by atoms with van der Waals surface area (Å²) in [6.07, 6.45) is 4.82. The van der Waals surface area contributed by atoms with E-state index in [0.717, 1.165) is 36.4 Å². The van der Waals surface area contributed by atoms with Crippen molar-refractivity contribution in [3.8, 4) is 5.75 Å². The number of nitrogens with one attached hydrogen (secondary N) is 1. The molecule has 1 heterocycles. The van der Waals surface area contributed by atoms with E-state index in [9.17, 15) is 0 Å². The van der Waals surface area contributed by atoms with Gasteiger partial charge < -0.3 is 4.74 Å². The Balaban J connectivity index is 2.13. The van der Waals surface area contributed by atoms with Gasteiger partial charge >= 0.3 is 0 Å². The number of hydrogen-bond donors (Lipinski definition) is 1. The fourth-order valence-electron chi connectivity index (χ4n) is 1.88. The standard InChI is InChI=1S/C15H20N4OS/c1-3-5-6-14-17-18-15(21)19(14)16-11-12-7-9-13(10-8-12)20-4-2/h7-11H,3-6H2,1-2H3,(H,18,21)/b16-11+. The maximum atomic E-state index is 5.41. The maximum absolute atomic E-state index is 5.41. The van der Waals surface area contributed by atoms with Gasteiger partial charge in [-0.2, -0.15) is 14.9 Å². The molecule has 0 aliphatic carbocycles. The van der Waals surface area contributed by atoms with Crippen molar-refractivity contribution in [1.29, 1.82) is 0 Å². The van der Waals surface area contributed by atoms with Crippen molar-refractivity contribution in [3.63, 3.8) is 0 Å². The van der Waals surface area contributed by atoms with Gasteiger partial charge in [0.25, 0.3) is 0 Å². The van der Waals surface area contributed by atoms with Crippen LogP contribution in [0, 0.1) is 4.77 Å². The lowest BCUT2D eigenvalue weighted by Gasteiger charge is -2.02. The van der Waals surface area contributed by atoms with Gasteiger partial charge in [0.05, 0.1) is 12.8 Å². The first-order valence-electron chi connectivity index (χ1n) is 7.18. The highest BCUT2D eigenvalue weighted by Gasteiger charge is 2.03. The van der Waals surface area contributed by atoms with Gasteiger partial charge in [0, 0.05) is 6.42 Å². The van der Waals surface area contributed by atoms with Crippen LogP contribution in [0.1, 0.15) is 38.1 Å². The van der Waals surface area contributed by atoms with Crippen LogP contribution in [0.5, 0.6) is 5.75 Å². The summed E-state index contributed by atoms with van der Waals surface area (Å²) in [5.41, 5.74) is 0.989. The van der Waals surface area contributed by atoms with Crippen molar-refractivity contribution in [3.05, 3.63) is 40.4 Å². The van der Waals surface area contributed by atoms with E-state index < -0.39 is 0 Å². The molecular formula is C15H20N4OS. The number of aryl methyl sites for hydroxylation is 1. The summed E-state index contributed by atoms with van der Waals surface area (Å²) in [5, 5.41) is 11.4. The fraction of sp³-hybridized carbons (Fsp3) is 0.400. The summed E-state index contributed by atoms with van der Waals surface area (Å²) in [6.45, 7) is 4.78. The van der Waals surface area contributed by atoms with E-state index in [1.807, 2.05) is 31.2 Å². The normalized spacial score (nSPS) is 11.1. The average molecular weight is 304 g/mol. The predicted octanol–water partition coefficient (Wildman–Crippen LogP) is 3.56. The molecule has 0 fully saturated rings. The minimum Gasteiger partial charge on any atom is -0.494 e.